The van der Waals surface area contributed by atoms with Gasteiger partial charge in [0, 0.05) is 17.9 Å². The van der Waals surface area contributed by atoms with Crippen molar-refractivity contribution in [3.05, 3.63) is 59.7 Å². The van der Waals surface area contributed by atoms with Crippen LogP contribution in [0, 0.1) is 11.3 Å². The maximum atomic E-state index is 13.0. The standard InChI is InChI=1S/C18H14F3N3O/c19-18(20,21)15-10-13(7-6-12(15)11-22)23-16-8-9-24(17(16)25)14-4-2-1-3-5-14/h1-7,10,16,23H,8-9H2. The number of para-hydroxylation sites is 1. The summed E-state index contributed by atoms with van der Waals surface area (Å²) in [6.07, 6.45) is -4.15. The highest BCUT2D eigenvalue weighted by Crippen LogP contribution is 2.34. The SMILES string of the molecule is N#Cc1ccc(NC2CCN(c3ccccc3)C2=O)cc1C(F)(F)F. The molecule has 1 aliphatic heterocycles. The number of nitrogens with one attached hydrogen (secondary N) is 1. The Labute approximate surface area is 142 Å². The summed E-state index contributed by atoms with van der Waals surface area (Å²) in [6.45, 7) is 0.489. The third-order valence-electron chi connectivity index (χ3n) is 4.06. The van der Waals surface area contributed by atoms with E-state index in [0.29, 0.717) is 13.0 Å². The Hall–Kier alpha value is -3.01. The van der Waals surface area contributed by atoms with Gasteiger partial charge in [0.15, 0.2) is 0 Å². The van der Waals surface area contributed by atoms with Crippen LogP contribution in [0.15, 0.2) is 48.5 Å². The topological polar surface area (TPSA) is 56.1 Å². The fourth-order valence-electron chi connectivity index (χ4n) is 2.85. The number of carbonyl (C=O) groups is 1. The number of hydrogen-bond acceptors (Lipinski definition) is 3. The first-order chi connectivity index (χ1) is 11.9. The molecule has 1 unspecified atom stereocenters. The number of nitrogens with zero attached hydrogens (tertiary/aromatic N) is 2. The van der Waals surface area contributed by atoms with E-state index in [-0.39, 0.29) is 11.6 Å². The molecule has 2 aromatic carbocycles. The van der Waals surface area contributed by atoms with Gasteiger partial charge in [-0.25, -0.2) is 0 Å². The molecule has 4 nitrogen and oxygen atoms in total. The van der Waals surface area contributed by atoms with Gasteiger partial charge in [-0.1, -0.05) is 18.2 Å². The molecule has 1 heterocycles. The van der Waals surface area contributed by atoms with E-state index in [4.69, 9.17) is 5.26 Å². The highest BCUT2D eigenvalue weighted by molar-refractivity contribution is 6.01. The maximum Gasteiger partial charge on any atom is 0.417 e. The minimum absolute atomic E-state index is 0.166. The second-order valence-electron chi connectivity index (χ2n) is 5.68. The lowest BCUT2D eigenvalue weighted by atomic mass is 10.1. The maximum absolute atomic E-state index is 13.0. The van der Waals surface area contributed by atoms with Crippen LogP contribution in [-0.4, -0.2) is 18.5 Å². The van der Waals surface area contributed by atoms with Crippen LogP contribution in [0.1, 0.15) is 17.5 Å². The van der Waals surface area contributed by atoms with Crippen molar-refractivity contribution in [2.45, 2.75) is 18.6 Å². The molecular weight excluding hydrogens is 331 g/mol. The smallest absolute Gasteiger partial charge is 0.374 e. The predicted octanol–water partition coefficient (Wildman–Crippen LogP) is 3.79. The van der Waals surface area contributed by atoms with Crippen LogP contribution in [0.25, 0.3) is 0 Å². The molecule has 128 valence electrons. The first-order valence-corrected chi connectivity index (χ1v) is 7.64. The Balaban J connectivity index is 1.80. The molecule has 0 spiro atoms. The third kappa shape index (κ3) is 3.43. The van der Waals surface area contributed by atoms with Crippen LogP contribution in [0.3, 0.4) is 0 Å². The van der Waals surface area contributed by atoms with Gasteiger partial charge >= 0.3 is 6.18 Å². The van der Waals surface area contributed by atoms with Crippen molar-refractivity contribution in [3.8, 4) is 6.07 Å². The molecular formula is C18H14F3N3O. The summed E-state index contributed by atoms with van der Waals surface area (Å²) in [4.78, 5) is 14.1. The predicted molar refractivity (Wildman–Crippen MR) is 87.0 cm³/mol. The number of benzene rings is 2. The summed E-state index contributed by atoms with van der Waals surface area (Å²) >= 11 is 0. The van der Waals surface area contributed by atoms with Gasteiger partial charge in [0.05, 0.1) is 17.2 Å². The highest BCUT2D eigenvalue weighted by Gasteiger charge is 2.35. The second-order valence-corrected chi connectivity index (χ2v) is 5.68. The fourth-order valence-corrected chi connectivity index (χ4v) is 2.85. The summed E-state index contributed by atoms with van der Waals surface area (Å²) in [5.74, 6) is -0.191. The Morgan fingerprint density at radius 2 is 1.88 bits per heavy atom. The molecule has 1 atom stereocenters. The Kier molecular flexibility index (Phi) is 4.36. The van der Waals surface area contributed by atoms with E-state index < -0.39 is 23.3 Å². The van der Waals surface area contributed by atoms with Crippen LogP contribution in [0.5, 0.6) is 0 Å². The zero-order chi connectivity index (χ0) is 18.0. The molecule has 25 heavy (non-hydrogen) atoms. The number of amides is 1. The van der Waals surface area contributed by atoms with Crippen molar-refractivity contribution in [1.29, 1.82) is 5.26 Å². The van der Waals surface area contributed by atoms with E-state index in [9.17, 15) is 18.0 Å². The average Bonchev–Trinajstić information content (AvgIpc) is 2.95. The molecule has 0 radical (unpaired) electrons. The van der Waals surface area contributed by atoms with Crippen molar-refractivity contribution in [2.75, 3.05) is 16.8 Å². The summed E-state index contributed by atoms with van der Waals surface area (Å²) in [5.41, 5.74) is -0.528. The molecule has 3 rings (SSSR count). The van der Waals surface area contributed by atoms with Crippen molar-refractivity contribution < 1.29 is 18.0 Å². The van der Waals surface area contributed by atoms with Gasteiger partial charge in [0.2, 0.25) is 5.91 Å². The third-order valence-corrected chi connectivity index (χ3v) is 4.06. The highest BCUT2D eigenvalue weighted by atomic mass is 19.4. The largest absolute Gasteiger partial charge is 0.417 e. The van der Waals surface area contributed by atoms with Gasteiger partial charge in [-0.05, 0) is 36.8 Å². The normalized spacial score (nSPS) is 17.4. The summed E-state index contributed by atoms with van der Waals surface area (Å²) < 4.78 is 39.1. The number of nitriles is 1. The molecule has 7 heteroatoms. The number of anilines is 2. The van der Waals surface area contributed by atoms with Gasteiger partial charge in [0.25, 0.3) is 0 Å². The van der Waals surface area contributed by atoms with Crippen LogP contribution in [0.4, 0.5) is 24.5 Å². The first-order valence-electron chi connectivity index (χ1n) is 7.64. The van der Waals surface area contributed by atoms with E-state index in [2.05, 4.69) is 5.32 Å². The van der Waals surface area contributed by atoms with E-state index in [1.165, 1.54) is 12.1 Å². The number of rotatable bonds is 3. The van der Waals surface area contributed by atoms with E-state index >= 15 is 0 Å². The second kappa shape index (κ2) is 6.48. The van der Waals surface area contributed by atoms with Crippen molar-refractivity contribution >= 4 is 17.3 Å². The van der Waals surface area contributed by atoms with Crippen LogP contribution in [-0.2, 0) is 11.0 Å². The van der Waals surface area contributed by atoms with Gasteiger partial charge in [0.1, 0.15) is 6.04 Å². The Bertz CT molecular complexity index is 828. The van der Waals surface area contributed by atoms with E-state index in [1.54, 1.807) is 4.90 Å². The van der Waals surface area contributed by atoms with Crippen LogP contribution >= 0.6 is 0 Å². The molecule has 0 saturated carbocycles. The van der Waals surface area contributed by atoms with Gasteiger partial charge in [-0.15, -0.1) is 0 Å². The van der Waals surface area contributed by atoms with Crippen molar-refractivity contribution in [1.82, 2.24) is 0 Å². The van der Waals surface area contributed by atoms with E-state index in [1.807, 2.05) is 30.3 Å². The monoisotopic (exact) mass is 345 g/mol. The first kappa shape index (κ1) is 16.8. The molecule has 0 bridgehead atoms. The fraction of sp³-hybridized carbons (Fsp3) is 0.222. The van der Waals surface area contributed by atoms with Gasteiger partial charge in [-0.3, -0.25) is 4.79 Å². The van der Waals surface area contributed by atoms with Crippen LogP contribution < -0.4 is 10.2 Å². The molecule has 1 fully saturated rings. The molecule has 1 amide bonds. The molecule has 2 aromatic rings. The quantitative estimate of drug-likeness (QED) is 0.921. The van der Waals surface area contributed by atoms with Crippen LogP contribution in [0.2, 0.25) is 0 Å². The lowest BCUT2D eigenvalue weighted by molar-refractivity contribution is -0.137. The molecule has 1 aliphatic rings. The van der Waals surface area contributed by atoms with Crippen molar-refractivity contribution in [2.24, 2.45) is 0 Å². The molecule has 0 aromatic heterocycles. The number of carbonyl (C=O) groups excluding carboxylic acids is 1. The molecule has 1 N–H and O–H groups in total. The zero-order valence-corrected chi connectivity index (χ0v) is 13.0. The lowest BCUT2D eigenvalue weighted by Crippen LogP contribution is -2.33. The summed E-state index contributed by atoms with van der Waals surface area (Å²) in [6, 6.07) is 13.4. The number of hydrogen-bond donors (Lipinski definition) is 1. The Morgan fingerprint density at radius 3 is 2.52 bits per heavy atom. The average molecular weight is 345 g/mol. The summed E-state index contributed by atoms with van der Waals surface area (Å²) in [5, 5.41) is 11.7. The van der Waals surface area contributed by atoms with E-state index in [0.717, 1.165) is 17.8 Å². The minimum Gasteiger partial charge on any atom is -0.374 e. The summed E-state index contributed by atoms with van der Waals surface area (Å²) in [7, 11) is 0. The van der Waals surface area contributed by atoms with Gasteiger partial charge < -0.3 is 10.2 Å². The molecule has 0 aliphatic carbocycles. The molecule has 1 saturated heterocycles. The number of halogens is 3. The van der Waals surface area contributed by atoms with Crippen molar-refractivity contribution in [3.63, 3.8) is 0 Å². The minimum atomic E-state index is -4.63. The zero-order valence-electron chi connectivity index (χ0n) is 13.0. The number of alkyl halides is 3. The Morgan fingerprint density at radius 1 is 1.16 bits per heavy atom. The van der Waals surface area contributed by atoms with Gasteiger partial charge in [-0.2, -0.15) is 18.4 Å². The lowest BCUT2D eigenvalue weighted by Gasteiger charge is -2.18.